The van der Waals surface area contributed by atoms with E-state index in [4.69, 9.17) is 0 Å². The van der Waals surface area contributed by atoms with Gasteiger partial charge in [-0.1, -0.05) is 71.9 Å². The second kappa shape index (κ2) is 12.0. The number of rotatable bonds is 7. The van der Waals surface area contributed by atoms with E-state index < -0.39 is 6.03 Å². The van der Waals surface area contributed by atoms with Crippen molar-refractivity contribution in [2.75, 3.05) is 16.0 Å². The van der Waals surface area contributed by atoms with Gasteiger partial charge in [0.1, 0.15) is 6.33 Å². The lowest BCUT2D eigenvalue weighted by Crippen LogP contribution is -2.31. The van der Waals surface area contributed by atoms with E-state index in [1.165, 1.54) is 11.8 Å². The highest BCUT2D eigenvalue weighted by atomic mass is 79.9. The van der Waals surface area contributed by atoms with E-state index in [1.807, 2.05) is 72.8 Å². The van der Waals surface area contributed by atoms with Gasteiger partial charge in [-0.05, 0) is 65.9 Å². The average molecular weight is 604 g/mol. The van der Waals surface area contributed by atoms with Crippen molar-refractivity contribution < 1.29 is 9.59 Å². The molecule has 3 aromatic carbocycles. The molecule has 1 aliphatic rings. The molecule has 0 unspecified atom stereocenters. The zero-order chi connectivity index (χ0) is 27.4. The highest BCUT2D eigenvalue weighted by Crippen LogP contribution is 2.33. The molecule has 1 aromatic heterocycles. The van der Waals surface area contributed by atoms with E-state index in [9.17, 15) is 9.59 Å². The van der Waals surface area contributed by atoms with Crippen LogP contribution >= 0.6 is 27.7 Å². The number of amidine groups is 1. The van der Waals surface area contributed by atoms with Crippen LogP contribution in [-0.2, 0) is 17.6 Å². The number of benzene rings is 3. The number of thioether (sulfide) groups is 1. The minimum absolute atomic E-state index is 0.0832. The predicted octanol–water partition coefficient (Wildman–Crippen LogP) is 6.61. The standard InChI is InChI=1S/C29H27BrN6O2S/c1-19(2)24-5-3-4-6-25(24)36-27(37)17-39-29(36)33-28(38)32-22-12-7-20(8-13-22)9-16-26-31-18-35(34-26)23-14-10-21(30)11-15-23/h3-8,10-15,18-19H,9,16-17H2,1-2H3,(H,32,38)/b33-29-. The molecule has 10 heteroatoms. The molecule has 3 amide bonds. The van der Waals surface area contributed by atoms with Crippen LogP contribution in [0.5, 0.6) is 0 Å². The molecule has 0 spiro atoms. The molecule has 4 aromatic rings. The monoisotopic (exact) mass is 602 g/mol. The van der Waals surface area contributed by atoms with Gasteiger partial charge in [0.2, 0.25) is 5.91 Å². The summed E-state index contributed by atoms with van der Waals surface area (Å²) in [6.07, 6.45) is 3.18. The van der Waals surface area contributed by atoms with Gasteiger partial charge in [0.25, 0.3) is 0 Å². The van der Waals surface area contributed by atoms with Crippen molar-refractivity contribution in [1.29, 1.82) is 0 Å². The van der Waals surface area contributed by atoms with E-state index in [0.717, 1.165) is 39.2 Å². The fraction of sp³-hybridized carbons (Fsp3) is 0.207. The summed E-state index contributed by atoms with van der Waals surface area (Å²) in [6, 6.07) is 22.7. The summed E-state index contributed by atoms with van der Waals surface area (Å²) in [7, 11) is 0. The van der Waals surface area contributed by atoms with E-state index >= 15 is 0 Å². The molecule has 2 heterocycles. The third kappa shape index (κ3) is 6.46. The number of urea groups is 1. The Labute approximate surface area is 239 Å². The number of nitrogens with one attached hydrogen (secondary N) is 1. The first-order valence-corrected chi connectivity index (χ1v) is 14.3. The first-order chi connectivity index (χ1) is 18.9. The van der Waals surface area contributed by atoms with Gasteiger partial charge < -0.3 is 5.32 Å². The van der Waals surface area contributed by atoms with Crippen LogP contribution in [0, 0.1) is 0 Å². The van der Waals surface area contributed by atoms with E-state index in [-0.39, 0.29) is 17.6 Å². The highest BCUT2D eigenvalue weighted by Gasteiger charge is 2.32. The molecule has 1 fully saturated rings. The maximum atomic E-state index is 12.7. The summed E-state index contributed by atoms with van der Waals surface area (Å²) >= 11 is 4.71. The number of halogens is 1. The Morgan fingerprint density at radius 2 is 1.79 bits per heavy atom. The molecule has 5 rings (SSSR count). The number of aryl methyl sites for hydroxylation is 2. The zero-order valence-electron chi connectivity index (χ0n) is 21.5. The summed E-state index contributed by atoms with van der Waals surface area (Å²) in [5, 5.41) is 7.76. The molecule has 0 saturated carbocycles. The number of nitrogens with zero attached hydrogens (tertiary/aromatic N) is 5. The third-order valence-electron chi connectivity index (χ3n) is 6.24. The van der Waals surface area contributed by atoms with Crippen molar-refractivity contribution in [2.45, 2.75) is 32.6 Å². The number of anilines is 2. The SMILES string of the molecule is CC(C)c1ccccc1N1C(=O)CS/C1=N\C(=O)Nc1ccc(CCc2ncn(-c3ccc(Br)cc3)n2)cc1. The molecule has 1 saturated heterocycles. The molecule has 0 bridgehead atoms. The second-order valence-electron chi connectivity index (χ2n) is 9.33. The van der Waals surface area contributed by atoms with E-state index in [0.29, 0.717) is 17.3 Å². The largest absolute Gasteiger partial charge is 0.347 e. The topological polar surface area (TPSA) is 92.5 Å². The second-order valence-corrected chi connectivity index (χ2v) is 11.2. The van der Waals surface area contributed by atoms with Crippen LogP contribution in [0.1, 0.15) is 36.7 Å². The van der Waals surface area contributed by atoms with Crippen LogP contribution in [0.25, 0.3) is 5.69 Å². The number of hydrogen-bond acceptors (Lipinski definition) is 5. The average Bonchev–Trinajstić information content (AvgIpc) is 3.55. The van der Waals surface area contributed by atoms with E-state index in [2.05, 4.69) is 50.2 Å². The number of amides is 3. The van der Waals surface area contributed by atoms with Crippen LogP contribution in [-0.4, -0.2) is 37.6 Å². The first kappa shape index (κ1) is 26.8. The fourth-order valence-electron chi connectivity index (χ4n) is 4.24. The summed E-state index contributed by atoms with van der Waals surface area (Å²) in [5.74, 6) is 1.16. The van der Waals surface area contributed by atoms with Crippen LogP contribution in [0.4, 0.5) is 16.2 Å². The van der Waals surface area contributed by atoms with Crippen molar-refractivity contribution in [3.63, 3.8) is 0 Å². The van der Waals surface area contributed by atoms with Gasteiger partial charge in [0, 0.05) is 16.6 Å². The van der Waals surface area contributed by atoms with Crippen LogP contribution in [0.2, 0.25) is 0 Å². The van der Waals surface area contributed by atoms with Crippen molar-refractivity contribution >= 4 is 56.2 Å². The third-order valence-corrected chi connectivity index (χ3v) is 7.69. The summed E-state index contributed by atoms with van der Waals surface area (Å²) in [6.45, 7) is 4.15. The minimum atomic E-state index is -0.519. The molecule has 0 aliphatic carbocycles. The lowest BCUT2D eigenvalue weighted by molar-refractivity contribution is -0.115. The van der Waals surface area contributed by atoms with Crippen molar-refractivity contribution in [1.82, 2.24) is 14.8 Å². The number of aliphatic imine (C=N–C) groups is 1. The van der Waals surface area contributed by atoms with Gasteiger partial charge >= 0.3 is 6.03 Å². The Hall–Kier alpha value is -3.76. The molecule has 0 atom stereocenters. The zero-order valence-corrected chi connectivity index (χ0v) is 23.9. The highest BCUT2D eigenvalue weighted by molar-refractivity contribution is 9.10. The van der Waals surface area contributed by atoms with Crippen molar-refractivity contribution in [2.24, 2.45) is 4.99 Å². The molecule has 39 heavy (non-hydrogen) atoms. The summed E-state index contributed by atoms with van der Waals surface area (Å²) in [5.41, 5.74) is 4.50. The maximum Gasteiger partial charge on any atom is 0.347 e. The molecule has 1 N–H and O–H groups in total. The Bertz CT molecular complexity index is 1520. The maximum absolute atomic E-state index is 12.7. The number of carbonyl (C=O) groups is 2. The van der Waals surface area contributed by atoms with Gasteiger partial charge in [-0.25, -0.2) is 14.5 Å². The summed E-state index contributed by atoms with van der Waals surface area (Å²) in [4.78, 5) is 35.6. The first-order valence-electron chi connectivity index (χ1n) is 12.6. The lowest BCUT2D eigenvalue weighted by atomic mass is 10.0. The molecular weight excluding hydrogens is 576 g/mol. The van der Waals surface area contributed by atoms with Crippen molar-refractivity contribution in [3.8, 4) is 5.69 Å². The van der Waals surface area contributed by atoms with Gasteiger partial charge in [0.05, 0.1) is 17.1 Å². The van der Waals surface area contributed by atoms with Crippen LogP contribution in [0.15, 0.2) is 88.6 Å². The van der Waals surface area contributed by atoms with Crippen LogP contribution in [0.3, 0.4) is 0 Å². The molecular formula is C29H27BrN6O2S. The Kier molecular flexibility index (Phi) is 8.23. The number of hydrogen-bond donors (Lipinski definition) is 1. The Morgan fingerprint density at radius 1 is 1.05 bits per heavy atom. The number of para-hydroxylation sites is 1. The minimum Gasteiger partial charge on any atom is -0.306 e. The molecule has 8 nitrogen and oxygen atoms in total. The Balaban J connectivity index is 1.20. The molecule has 198 valence electrons. The summed E-state index contributed by atoms with van der Waals surface area (Å²) < 4.78 is 2.78. The predicted molar refractivity (Wildman–Crippen MR) is 160 cm³/mol. The van der Waals surface area contributed by atoms with Gasteiger partial charge in [-0.2, -0.15) is 10.1 Å². The smallest absolute Gasteiger partial charge is 0.306 e. The van der Waals surface area contributed by atoms with Crippen molar-refractivity contribution in [3.05, 3.63) is 101 Å². The molecule has 1 aliphatic heterocycles. The van der Waals surface area contributed by atoms with E-state index in [1.54, 1.807) is 15.9 Å². The van der Waals surface area contributed by atoms with Gasteiger partial charge in [0.15, 0.2) is 11.0 Å². The van der Waals surface area contributed by atoms with Crippen LogP contribution < -0.4 is 10.2 Å². The number of carbonyl (C=O) groups excluding carboxylic acids is 2. The number of aromatic nitrogens is 3. The normalized spacial score (nSPS) is 14.4. The van der Waals surface area contributed by atoms with Gasteiger partial charge in [-0.3, -0.25) is 9.69 Å². The fourth-order valence-corrected chi connectivity index (χ4v) is 5.36. The Morgan fingerprint density at radius 3 is 2.54 bits per heavy atom. The lowest BCUT2D eigenvalue weighted by Gasteiger charge is -2.21. The van der Waals surface area contributed by atoms with Gasteiger partial charge in [-0.15, -0.1) is 0 Å². The molecule has 0 radical (unpaired) electrons. The quantitative estimate of drug-likeness (QED) is 0.257.